The van der Waals surface area contributed by atoms with E-state index in [1.165, 1.54) is 5.56 Å². The van der Waals surface area contributed by atoms with Gasteiger partial charge < -0.3 is 10.5 Å². The van der Waals surface area contributed by atoms with Gasteiger partial charge in [-0.2, -0.15) is 0 Å². The molecule has 0 aliphatic heterocycles. The molecule has 0 fully saturated rings. The molecule has 0 bridgehead atoms. The van der Waals surface area contributed by atoms with Crippen LogP contribution in [-0.2, 0) is 11.3 Å². The Balaban J connectivity index is 0. The molecule has 0 aliphatic carbocycles. The molecule has 3 heteroatoms. The third kappa shape index (κ3) is 12.7. The fraction of sp³-hybridized carbons (Fsp3) is 0.462. The largest absolute Gasteiger partial charge is 0.482 e. The molecule has 0 radical (unpaired) electrons. The van der Waals surface area contributed by atoms with Crippen molar-refractivity contribution in [3.05, 3.63) is 35.9 Å². The van der Waals surface area contributed by atoms with Crippen LogP contribution in [0.2, 0.25) is 0 Å². The van der Waals surface area contributed by atoms with Crippen LogP contribution in [0.4, 0.5) is 0 Å². The molecule has 0 aromatic heterocycles. The second kappa shape index (κ2) is 13.7. The van der Waals surface area contributed by atoms with Gasteiger partial charge in [0.25, 0.3) is 0 Å². The molecule has 1 aromatic rings. The van der Waals surface area contributed by atoms with E-state index >= 15 is 0 Å². The highest BCUT2D eigenvalue weighted by molar-refractivity contribution is 5.69. The number of hydrogen-bond acceptors (Lipinski definition) is 3. The third-order valence-electron chi connectivity index (χ3n) is 1.44. The van der Waals surface area contributed by atoms with Gasteiger partial charge in [-0.15, -0.1) is 0 Å². The maximum absolute atomic E-state index is 6.67. The average molecular weight is 224 g/mol. The van der Waals surface area contributed by atoms with Gasteiger partial charge >= 0.3 is 0 Å². The van der Waals surface area contributed by atoms with Crippen LogP contribution < -0.4 is 5.73 Å². The number of hydrogen-bond donors (Lipinski definition) is 2. The second-order valence-electron chi connectivity index (χ2n) is 2.68. The minimum atomic E-state index is 0.289. The van der Waals surface area contributed by atoms with Crippen LogP contribution >= 0.6 is 0 Å². The molecule has 0 saturated carbocycles. The van der Waals surface area contributed by atoms with Crippen molar-refractivity contribution < 1.29 is 4.74 Å². The maximum Gasteiger partial charge on any atom is 0.177 e. The van der Waals surface area contributed by atoms with Gasteiger partial charge in [-0.05, 0) is 12.5 Å². The first-order chi connectivity index (χ1) is 7.70. The summed E-state index contributed by atoms with van der Waals surface area (Å²) in [4.78, 5) is 0. The van der Waals surface area contributed by atoms with E-state index < -0.39 is 0 Å². The molecule has 0 saturated heterocycles. The first-order valence-corrected chi connectivity index (χ1v) is 5.62. The lowest BCUT2D eigenvalue weighted by Gasteiger charge is -1.93. The fourth-order valence-corrected chi connectivity index (χ4v) is 0.831. The van der Waals surface area contributed by atoms with Crippen LogP contribution in [0, 0.1) is 5.41 Å². The van der Waals surface area contributed by atoms with Crippen molar-refractivity contribution in [2.24, 2.45) is 5.73 Å². The number of nitrogens with one attached hydrogen (secondary N) is 1. The normalized spacial score (nSPS) is 7.81. The predicted octanol–water partition coefficient (Wildman–Crippen LogP) is 3.19. The van der Waals surface area contributed by atoms with Gasteiger partial charge in [0.2, 0.25) is 0 Å². The highest BCUT2D eigenvalue weighted by Gasteiger charge is 1.80. The molecule has 0 heterocycles. The molecular weight excluding hydrogens is 200 g/mol. The summed E-state index contributed by atoms with van der Waals surface area (Å²) in [6.45, 7) is 8.72. The van der Waals surface area contributed by atoms with Crippen LogP contribution in [0.1, 0.15) is 33.3 Å². The van der Waals surface area contributed by atoms with Crippen LogP contribution in [0.15, 0.2) is 30.3 Å². The van der Waals surface area contributed by atoms with E-state index in [1.807, 2.05) is 51.1 Å². The summed E-state index contributed by atoms with van der Waals surface area (Å²) in [5.74, 6) is 0.289. The summed E-state index contributed by atoms with van der Waals surface area (Å²) in [7, 11) is 0. The third-order valence-corrected chi connectivity index (χ3v) is 1.44. The predicted molar refractivity (Wildman–Crippen MR) is 70.7 cm³/mol. The van der Waals surface area contributed by atoms with E-state index in [1.54, 1.807) is 6.92 Å². The summed E-state index contributed by atoms with van der Waals surface area (Å²) >= 11 is 0. The van der Waals surface area contributed by atoms with E-state index in [4.69, 9.17) is 11.1 Å². The highest BCUT2D eigenvalue weighted by atomic mass is 16.5. The molecule has 92 valence electrons. The van der Waals surface area contributed by atoms with Gasteiger partial charge in [-0.25, -0.2) is 0 Å². The number of nitrogens with two attached hydrogens (primary N) is 1. The van der Waals surface area contributed by atoms with Gasteiger partial charge in [-0.1, -0.05) is 44.2 Å². The Hall–Kier alpha value is -1.35. The minimum Gasteiger partial charge on any atom is -0.482 e. The molecule has 1 rings (SSSR count). The Morgan fingerprint density at radius 2 is 1.75 bits per heavy atom. The lowest BCUT2D eigenvalue weighted by molar-refractivity contribution is 0.321. The van der Waals surface area contributed by atoms with Crippen molar-refractivity contribution in [3.8, 4) is 0 Å². The minimum absolute atomic E-state index is 0.289. The molecule has 16 heavy (non-hydrogen) atoms. The topological polar surface area (TPSA) is 59.1 Å². The molecule has 3 N–H and O–H groups in total. The van der Waals surface area contributed by atoms with Crippen LogP contribution in [0.25, 0.3) is 0 Å². The molecule has 3 nitrogen and oxygen atoms in total. The van der Waals surface area contributed by atoms with Crippen molar-refractivity contribution in [1.82, 2.24) is 0 Å². The number of rotatable bonds is 2. The summed E-state index contributed by atoms with van der Waals surface area (Å²) < 4.78 is 4.62. The Morgan fingerprint density at radius 3 is 1.94 bits per heavy atom. The summed E-state index contributed by atoms with van der Waals surface area (Å²) in [6.07, 6.45) is 0. The van der Waals surface area contributed by atoms with E-state index in [2.05, 4.69) is 4.74 Å². The molecule has 0 atom stereocenters. The molecule has 1 aromatic carbocycles. The zero-order valence-corrected chi connectivity index (χ0v) is 10.8. The maximum atomic E-state index is 6.67. The first-order valence-electron chi connectivity index (χ1n) is 5.62. The molecule has 0 amide bonds. The monoisotopic (exact) mass is 224 g/mol. The van der Waals surface area contributed by atoms with Gasteiger partial charge in [0.15, 0.2) is 5.90 Å². The van der Waals surface area contributed by atoms with Gasteiger partial charge in [-0.3, -0.25) is 5.41 Å². The van der Waals surface area contributed by atoms with Crippen LogP contribution in [-0.4, -0.2) is 12.5 Å². The first kappa shape index (κ1) is 17.1. The Bertz CT molecular complexity index is 247. The second-order valence-corrected chi connectivity index (χ2v) is 2.68. The van der Waals surface area contributed by atoms with Crippen LogP contribution in [0.3, 0.4) is 0 Å². The van der Waals surface area contributed by atoms with Crippen molar-refractivity contribution in [2.75, 3.05) is 6.61 Å². The van der Waals surface area contributed by atoms with E-state index in [0.29, 0.717) is 13.2 Å². The van der Waals surface area contributed by atoms with Crippen molar-refractivity contribution >= 4 is 5.90 Å². The average Bonchev–Trinajstić information content (AvgIpc) is 2.33. The summed E-state index contributed by atoms with van der Waals surface area (Å²) in [5.41, 5.74) is 6.54. The molecule has 0 aliphatic rings. The SMILES string of the molecule is CC.CCOC(C)=N.NCc1ccccc1. The zero-order chi connectivity index (χ0) is 12.8. The van der Waals surface area contributed by atoms with Crippen LogP contribution in [0.5, 0.6) is 0 Å². The smallest absolute Gasteiger partial charge is 0.177 e. The standard InChI is InChI=1S/C7H9N.C4H9NO.C2H6/c8-6-7-4-2-1-3-5-7;1-3-6-4(2)5;1-2/h1-5H,6,8H2;5H,3H2,1-2H3;1-2H3. The van der Waals surface area contributed by atoms with Crippen molar-refractivity contribution in [1.29, 1.82) is 5.41 Å². The summed E-state index contributed by atoms with van der Waals surface area (Å²) in [6, 6.07) is 9.99. The van der Waals surface area contributed by atoms with Crippen molar-refractivity contribution in [3.63, 3.8) is 0 Å². The highest BCUT2D eigenvalue weighted by Crippen LogP contribution is 1.94. The zero-order valence-electron chi connectivity index (χ0n) is 10.8. The molecular formula is C13H24N2O. The molecule has 0 unspecified atom stereocenters. The van der Waals surface area contributed by atoms with E-state index in [0.717, 1.165) is 0 Å². The van der Waals surface area contributed by atoms with Crippen molar-refractivity contribution in [2.45, 2.75) is 34.2 Å². The Morgan fingerprint density at radius 1 is 1.25 bits per heavy atom. The fourth-order valence-electron chi connectivity index (χ4n) is 0.831. The summed E-state index contributed by atoms with van der Waals surface area (Å²) in [5, 5.41) is 6.67. The molecule has 0 spiro atoms. The van der Waals surface area contributed by atoms with Gasteiger partial charge in [0.1, 0.15) is 0 Å². The van der Waals surface area contributed by atoms with E-state index in [9.17, 15) is 0 Å². The Kier molecular flexibility index (Phi) is 14.6. The Labute approximate surface area is 99.1 Å². The number of ether oxygens (including phenoxy) is 1. The number of benzene rings is 1. The van der Waals surface area contributed by atoms with E-state index in [-0.39, 0.29) is 5.90 Å². The quantitative estimate of drug-likeness (QED) is 0.598. The van der Waals surface area contributed by atoms with Gasteiger partial charge in [0.05, 0.1) is 6.61 Å². The lowest BCUT2D eigenvalue weighted by Crippen LogP contribution is -1.94. The van der Waals surface area contributed by atoms with Gasteiger partial charge in [0, 0.05) is 13.5 Å². The lowest BCUT2D eigenvalue weighted by atomic mass is 10.2.